The van der Waals surface area contributed by atoms with E-state index in [9.17, 15) is 9.59 Å². The van der Waals surface area contributed by atoms with E-state index in [-0.39, 0.29) is 5.91 Å². The molecule has 2 fully saturated rings. The van der Waals surface area contributed by atoms with Gasteiger partial charge in [-0.25, -0.2) is 0 Å². The van der Waals surface area contributed by atoms with E-state index >= 15 is 0 Å². The molecule has 22 heavy (non-hydrogen) atoms. The second kappa shape index (κ2) is 6.77. The lowest BCUT2D eigenvalue weighted by molar-refractivity contribution is -0.119. The van der Waals surface area contributed by atoms with Crippen molar-refractivity contribution >= 4 is 18.0 Å². The SMILES string of the molecule is O=CN1CCN(C(=O)c2cc(N3CCCCC3)ccn2)CC1. The summed E-state index contributed by atoms with van der Waals surface area (Å²) in [4.78, 5) is 33.3. The molecule has 0 aromatic carbocycles. The molecular formula is C16H22N4O2. The molecule has 2 aliphatic heterocycles. The minimum absolute atomic E-state index is 0.0376. The first-order chi connectivity index (χ1) is 10.8. The van der Waals surface area contributed by atoms with Gasteiger partial charge in [-0.05, 0) is 31.4 Å². The van der Waals surface area contributed by atoms with E-state index in [1.54, 1.807) is 16.0 Å². The highest BCUT2D eigenvalue weighted by molar-refractivity contribution is 5.93. The molecule has 0 bridgehead atoms. The Balaban J connectivity index is 1.69. The van der Waals surface area contributed by atoms with Gasteiger partial charge in [0.05, 0.1) is 0 Å². The predicted octanol–water partition coefficient (Wildman–Crippen LogP) is 0.986. The van der Waals surface area contributed by atoms with Gasteiger partial charge in [-0.15, -0.1) is 0 Å². The Bertz CT molecular complexity index is 535. The number of piperidine rings is 1. The van der Waals surface area contributed by atoms with Crippen molar-refractivity contribution in [2.75, 3.05) is 44.2 Å². The summed E-state index contributed by atoms with van der Waals surface area (Å²) >= 11 is 0. The third-order valence-corrected chi connectivity index (χ3v) is 4.43. The van der Waals surface area contributed by atoms with E-state index in [1.165, 1.54) is 19.3 Å². The molecule has 3 heterocycles. The van der Waals surface area contributed by atoms with Crippen molar-refractivity contribution < 1.29 is 9.59 Å². The maximum atomic E-state index is 12.6. The van der Waals surface area contributed by atoms with Crippen molar-refractivity contribution in [3.63, 3.8) is 0 Å². The Morgan fingerprint density at radius 2 is 1.77 bits per heavy atom. The minimum Gasteiger partial charge on any atom is -0.371 e. The normalized spacial score (nSPS) is 19.2. The average molecular weight is 302 g/mol. The van der Waals surface area contributed by atoms with Crippen molar-refractivity contribution in [1.82, 2.24) is 14.8 Å². The zero-order valence-corrected chi connectivity index (χ0v) is 12.8. The summed E-state index contributed by atoms with van der Waals surface area (Å²) < 4.78 is 0. The van der Waals surface area contributed by atoms with Crippen LogP contribution in [0.25, 0.3) is 0 Å². The number of piperazine rings is 1. The molecule has 0 spiro atoms. The fraction of sp³-hybridized carbons (Fsp3) is 0.562. The second-order valence-corrected chi connectivity index (χ2v) is 5.88. The molecule has 1 aromatic heterocycles. The lowest BCUT2D eigenvalue weighted by Crippen LogP contribution is -2.48. The molecule has 6 heteroatoms. The minimum atomic E-state index is -0.0376. The Morgan fingerprint density at radius 3 is 2.45 bits per heavy atom. The number of amides is 2. The van der Waals surface area contributed by atoms with Crippen LogP contribution in [0.3, 0.4) is 0 Å². The highest BCUT2D eigenvalue weighted by Gasteiger charge is 2.23. The number of pyridine rings is 1. The maximum absolute atomic E-state index is 12.6. The van der Waals surface area contributed by atoms with Gasteiger partial charge in [0, 0.05) is 51.2 Å². The van der Waals surface area contributed by atoms with E-state index < -0.39 is 0 Å². The van der Waals surface area contributed by atoms with Crippen LogP contribution >= 0.6 is 0 Å². The van der Waals surface area contributed by atoms with E-state index in [2.05, 4.69) is 9.88 Å². The van der Waals surface area contributed by atoms with Gasteiger partial charge in [0.15, 0.2) is 0 Å². The average Bonchev–Trinajstić information content (AvgIpc) is 2.62. The number of hydrogen-bond acceptors (Lipinski definition) is 4. The quantitative estimate of drug-likeness (QED) is 0.781. The summed E-state index contributed by atoms with van der Waals surface area (Å²) in [5, 5.41) is 0. The first kappa shape index (κ1) is 14.8. The molecule has 2 saturated heterocycles. The van der Waals surface area contributed by atoms with Crippen molar-refractivity contribution in [1.29, 1.82) is 0 Å². The summed E-state index contributed by atoms with van der Waals surface area (Å²) in [7, 11) is 0. The first-order valence-electron chi connectivity index (χ1n) is 7.97. The molecule has 1 aromatic rings. The second-order valence-electron chi connectivity index (χ2n) is 5.88. The molecule has 2 amide bonds. The maximum Gasteiger partial charge on any atom is 0.272 e. The van der Waals surface area contributed by atoms with E-state index in [0.717, 1.165) is 25.2 Å². The number of rotatable bonds is 3. The van der Waals surface area contributed by atoms with Crippen LogP contribution in [0.1, 0.15) is 29.8 Å². The van der Waals surface area contributed by atoms with Gasteiger partial charge >= 0.3 is 0 Å². The van der Waals surface area contributed by atoms with Crippen LogP contribution in [0.2, 0.25) is 0 Å². The zero-order chi connectivity index (χ0) is 15.4. The topological polar surface area (TPSA) is 56.8 Å². The molecule has 0 saturated carbocycles. The third kappa shape index (κ3) is 3.21. The predicted molar refractivity (Wildman–Crippen MR) is 83.8 cm³/mol. The van der Waals surface area contributed by atoms with Crippen LogP contribution < -0.4 is 4.90 Å². The zero-order valence-electron chi connectivity index (χ0n) is 12.8. The van der Waals surface area contributed by atoms with Crippen molar-refractivity contribution in [2.45, 2.75) is 19.3 Å². The monoisotopic (exact) mass is 302 g/mol. The van der Waals surface area contributed by atoms with Crippen LogP contribution in [0.15, 0.2) is 18.3 Å². The van der Waals surface area contributed by atoms with Crippen LogP contribution in [-0.2, 0) is 4.79 Å². The van der Waals surface area contributed by atoms with Crippen LogP contribution in [0.4, 0.5) is 5.69 Å². The molecule has 0 aliphatic carbocycles. The van der Waals surface area contributed by atoms with Gasteiger partial charge in [-0.1, -0.05) is 0 Å². The molecule has 0 atom stereocenters. The highest BCUT2D eigenvalue weighted by Crippen LogP contribution is 2.20. The highest BCUT2D eigenvalue weighted by atomic mass is 16.2. The molecule has 0 unspecified atom stereocenters. The molecule has 0 radical (unpaired) electrons. The lowest BCUT2D eigenvalue weighted by atomic mass is 10.1. The third-order valence-electron chi connectivity index (χ3n) is 4.43. The number of carbonyl (C=O) groups excluding carboxylic acids is 2. The fourth-order valence-electron chi connectivity index (χ4n) is 3.08. The molecular weight excluding hydrogens is 280 g/mol. The van der Waals surface area contributed by atoms with Gasteiger partial charge < -0.3 is 14.7 Å². The van der Waals surface area contributed by atoms with Crippen molar-refractivity contribution in [2.24, 2.45) is 0 Å². The number of aromatic nitrogens is 1. The standard InChI is InChI=1S/C16H22N4O2/c21-13-18-8-10-20(11-9-18)16(22)15-12-14(4-5-17-15)19-6-2-1-3-7-19/h4-5,12-13H,1-3,6-11H2. The Kier molecular flexibility index (Phi) is 4.56. The molecule has 3 rings (SSSR count). The van der Waals surface area contributed by atoms with E-state index in [4.69, 9.17) is 0 Å². The number of anilines is 1. The molecule has 6 nitrogen and oxygen atoms in total. The van der Waals surface area contributed by atoms with Crippen LogP contribution in [0, 0.1) is 0 Å². The van der Waals surface area contributed by atoms with Gasteiger partial charge in [-0.2, -0.15) is 0 Å². The Hall–Kier alpha value is -2.11. The van der Waals surface area contributed by atoms with Gasteiger partial charge in [0.1, 0.15) is 5.69 Å². The Morgan fingerprint density at radius 1 is 1.05 bits per heavy atom. The summed E-state index contributed by atoms with van der Waals surface area (Å²) in [5.74, 6) is -0.0376. The summed E-state index contributed by atoms with van der Waals surface area (Å²) in [5.41, 5.74) is 1.59. The summed E-state index contributed by atoms with van der Waals surface area (Å²) in [6.45, 7) is 4.45. The van der Waals surface area contributed by atoms with E-state index in [0.29, 0.717) is 31.9 Å². The largest absolute Gasteiger partial charge is 0.371 e. The summed E-state index contributed by atoms with van der Waals surface area (Å²) in [6.07, 6.45) is 6.27. The van der Waals surface area contributed by atoms with Crippen molar-refractivity contribution in [3.8, 4) is 0 Å². The van der Waals surface area contributed by atoms with Gasteiger partial charge in [0.2, 0.25) is 6.41 Å². The molecule has 0 N–H and O–H groups in total. The molecule has 2 aliphatic rings. The van der Waals surface area contributed by atoms with E-state index in [1.807, 2.05) is 12.1 Å². The van der Waals surface area contributed by atoms with Crippen LogP contribution in [0.5, 0.6) is 0 Å². The molecule has 118 valence electrons. The Labute approximate surface area is 130 Å². The number of carbonyl (C=O) groups is 2. The van der Waals surface area contributed by atoms with Crippen molar-refractivity contribution in [3.05, 3.63) is 24.0 Å². The smallest absolute Gasteiger partial charge is 0.272 e. The number of nitrogens with zero attached hydrogens (tertiary/aromatic N) is 4. The fourth-order valence-corrected chi connectivity index (χ4v) is 3.08. The van der Waals surface area contributed by atoms with Gasteiger partial charge in [-0.3, -0.25) is 14.6 Å². The van der Waals surface area contributed by atoms with Crippen LogP contribution in [-0.4, -0.2) is 66.4 Å². The lowest BCUT2D eigenvalue weighted by Gasteiger charge is -2.32. The summed E-state index contributed by atoms with van der Waals surface area (Å²) in [6, 6.07) is 3.88. The van der Waals surface area contributed by atoms with Gasteiger partial charge in [0.25, 0.3) is 5.91 Å². The first-order valence-corrected chi connectivity index (χ1v) is 7.97. The number of hydrogen-bond donors (Lipinski definition) is 0.